The largest absolute Gasteiger partial charge is 0.394 e. The van der Waals surface area contributed by atoms with E-state index < -0.39 is 6.10 Å². The Bertz CT molecular complexity index is 503. The van der Waals surface area contributed by atoms with Gasteiger partial charge in [-0.25, -0.2) is 0 Å². The summed E-state index contributed by atoms with van der Waals surface area (Å²) in [5, 5.41) is 19.9. The Labute approximate surface area is 142 Å². The lowest BCUT2D eigenvalue weighted by Gasteiger charge is -2.51. The van der Waals surface area contributed by atoms with Crippen LogP contribution in [-0.2, 0) is 5.41 Å². The molecule has 2 rings (SSSR count). The number of hydrogen-bond donors (Lipinski definition) is 2. The molecule has 3 nitrogen and oxygen atoms in total. The van der Waals surface area contributed by atoms with Crippen LogP contribution in [0.1, 0.15) is 37.7 Å². The Morgan fingerprint density at radius 1 is 1.18 bits per heavy atom. The van der Waals surface area contributed by atoms with Crippen molar-refractivity contribution in [2.45, 2.75) is 49.7 Å². The van der Waals surface area contributed by atoms with Crippen molar-refractivity contribution in [1.82, 2.24) is 4.90 Å². The average Bonchev–Trinajstić information content (AvgIpc) is 2.44. The monoisotopic (exact) mass is 345 g/mol. The summed E-state index contributed by atoms with van der Waals surface area (Å²) in [5.41, 5.74) is 1.29. The first kappa shape index (κ1) is 18.0. The van der Waals surface area contributed by atoms with Crippen LogP contribution in [0.5, 0.6) is 0 Å². The summed E-state index contributed by atoms with van der Waals surface area (Å²) in [6.07, 6.45) is 4.23. The second-order valence-electron chi connectivity index (χ2n) is 6.53. The van der Waals surface area contributed by atoms with E-state index in [1.165, 1.54) is 12.0 Å². The maximum atomic E-state index is 9.69. The summed E-state index contributed by atoms with van der Waals surface area (Å²) in [6, 6.07) is 6.24. The van der Waals surface area contributed by atoms with Gasteiger partial charge in [-0.1, -0.05) is 35.7 Å². The number of halogens is 2. The third-order valence-electron chi connectivity index (χ3n) is 4.99. The van der Waals surface area contributed by atoms with E-state index in [2.05, 4.69) is 25.1 Å². The summed E-state index contributed by atoms with van der Waals surface area (Å²) >= 11 is 12.3. The van der Waals surface area contributed by atoms with E-state index >= 15 is 0 Å². The number of rotatable bonds is 7. The quantitative estimate of drug-likeness (QED) is 0.794. The fourth-order valence-corrected chi connectivity index (χ4v) is 3.95. The first-order valence-corrected chi connectivity index (χ1v) is 8.57. The zero-order chi connectivity index (χ0) is 16.3. The number of aliphatic hydroxyl groups is 2. The van der Waals surface area contributed by atoms with Gasteiger partial charge in [0.05, 0.1) is 22.8 Å². The van der Waals surface area contributed by atoms with Crippen LogP contribution in [-0.4, -0.2) is 48.0 Å². The van der Waals surface area contributed by atoms with Gasteiger partial charge < -0.3 is 15.1 Å². The van der Waals surface area contributed by atoms with E-state index in [1.807, 2.05) is 12.1 Å². The Hall–Kier alpha value is -0.320. The molecule has 0 bridgehead atoms. The second kappa shape index (κ2) is 7.50. The standard InChI is InChI=1S/C17H25Cl2NO2/c1-20(2)16(7-5-13(22)11-21)17(8-3-9-17)12-4-6-14(18)15(19)10-12/h4,6,10,13,16,21-22H,3,5,7-9,11H2,1-2H3. The molecule has 0 aromatic heterocycles. The van der Waals surface area contributed by atoms with Gasteiger partial charge in [-0.2, -0.15) is 0 Å². The molecular formula is C17H25Cl2NO2. The Balaban J connectivity index is 2.26. The van der Waals surface area contributed by atoms with Gasteiger partial charge in [0, 0.05) is 11.5 Å². The summed E-state index contributed by atoms with van der Waals surface area (Å²) < 4.78 is 0. The van der Waals surface area contributed by atoms with Gasteiger partial charge in [0.25, 0.3) is 0 Å². The van der Waals surface area contributed by atoms with Crippen LogP contribution >= 0.6 is 23.2 Å². The Morgan fingerprint density at radius 2 is 1.86 bits per heavy atom. The molecule has 1 aromatic carbocycles. The van der Waals surface area contributed by atoms with Crippen molar-refractivity contribution >= 4 is 23.2 Å². The van der Waals surface area contributed by atoms with Crippen LogP contribution < -0.4 is 0 Å². The molecule has 124 valence electrons. The van der Waals surface area contributed by atoms with Crippen molar-refractivity contribution < 1.29 is 10.2 Å². The van der Waals surface area contributed by atoms with Crippen molar-refractivity contribution in [1.29, 1.82) is 0 Å². The van der Waals surface area contributed by atoms with Crippen LogP contribution in [0, 0.1) is 0 Å². The molecule has 1 aromatic rings. The molecule has 2 unspecified atom stereocenters. The molecule has 1 saturated carbocycles. The molecule has 22 heavy (non-hydrogen) atoms. The first-order chi connectivity index (χ1) is 10.4. The molecule has 0 amide bonds. The maximum Gasteiger partial charge on any atom is 0.0771 e. The summed E-state index contributed by atoms with van der Waals surface area (Å²) in [5.74, 6) is 0. The normalized spacial score (nSPS) is 19.8. The number of aliphatic hydroxyl groups excluding tert-OH is 2. The molecule has 0 aliphatic heterocycles. The highest BCUT2D eigenvalue weighted by Crippen LogP contribution is 2.50. The van der Waals surface area contributed by atoms with Gasteiger partial charge >= 0.3 is 0 Å². The Kier molecular flexibility index (Phi) is 6.14. The van der Waals surface area contributed by atoms with Crippen molar-refractivity contribution in [3.05, 3.63) is 33.8 Å². The predicted octanol–water partition coefficient (Wildman–Crippen LogP) is 3.48. The lowest BCUT2D eigenvalue weighted by atomic mass is 9.59. The van der Waals surface area contributed by atoms with Crippen molar-refractivity contribution in [2.75, 3.05) is 20.7 Å². The molecule has 0 spiro atoms. The van der Waals surface area contributed by atoms with Gasteiger partial charge in [-0.05, 0) is 57.5 Å². The molecule has 5 heteroatoms. The lowest BCUT2D eigenvalue weighted by Crippen LogP contribution is -2.52. The lowest BCUT2D eigenvalue weighted by molar-refractivity contribution is 0.0515. The fourth-order valence-electron chi connectivity index (χ4n) is 3.65. The number of likely N-dealkylation sites (N-methyl/N-ethyl adjacent to an activating group) is 1. The van der Waals surface area contributed by atoms with Crippen LogP contribution in [0.3, 0.4) is 0 Å². The minimum atomic E-state index is -0.645. The van der Waals surface area contributed by atoms with Crippen LogP contribution in [0.15, 0.2) is 18.2 Å². The second-order valence-corrected chi connectivity index (χ2v) is 7.35. The minimum Gasteiger partial charge on any atom is -0.394 e. The number of hydrogen-bond acceptors (Lipinski definition) is 3. The van der Waals surface area contributed by atoms with Crippen LogP contribution in [0.25, 0.3) is 0 Å². The van der Waals surface area contributed by atoms with E-state index in [-0.39, 0.29) is 12.0 Å². The molecule has 1 aliphatic rings. The zero-order valence-corrected chi connectivity index (χ0v) is 14.7. The molecule has 2 atom stereocenters. The molecule has 1 fully saturated rings. The molecule has 0 radical (unpaired) electrons. The van der Waals surface area contributed by atoms with E-state index in [4.69, 9.17) is 28.3 Å². The highest BCUT2D eigenvalue weighted by atomic mass is 35.5. The van der Waals surface area contributed by atoms with Gasteiger partial charge in [-0.15, -0.1) is 0 Å². The molecule has 1 aliphatic carbocycles. The number of nitrogens with zero attached hydrogens (tertiary/aromatic N) is 1. The molecular weight excluding hydrogens is 321 g/mol. The maximum absolute atomic E-state index is 9.69. The Morgan fingerprint density at radius 3 is 2.32 bits per heavy atom. The average molecular weight is 346 g/mol. The van der Waals surface area contributed by atoms with Gasteiger partial charge in [0.1, 0.15) is 0 Å². The molecule has 0 heterocycles. The zero-order valence-electron chi connectivity index (χ0n) is 13.2. The summed E-state index contributed by atoms with van der Waals surface area (Å²) in [7, 11) is 4.15. The van der Waals surface area contributed by atoms with Gasteiger partial charge in [0.15, 0.2) is 0 Å². The van der Waals surface area contributed by atoms with Crippen molar-refractivity contribution in [3.8, 4) is 0 Å². The van der Waals surface area contributed by atoms with E-state index in [9.17, 15) is 5.11 Å². The minimum absolute atomic E-state index is 0.0624. The third-order valence-corrected chi connectivity index (χ3v) is 5.72. The van der Waals surface area contributed by atoms with Crippen LogP contribution in [0.4, 0.5) is 0 Å². The summed E-state index contributed by atoms with van der Waals surface area (Å²) in [6.45, 7) is -0.181. The molecule has 0 saturated heterocycles. The van der Waals surface area contributed by atoms with Crippen LogP contribution in [0.2, 0.25) is 10.0 Å². The summed E-state index contributed by atoms with van der Waals surface area (Å²) in [4.78, 5) is 2.23. The highest BCUT2D eigenvalue weighted by molar-refractivity contribution is 6.42. The van der Waals surface area contributed by atoms with E-state index in [0.29, 0.717) is 22.5 Å². The third kappa shape index (κ3) is 3.60. The van der Waals surface area contributed by atoms with E-state index in [1.54, 1.807) is 0 Å². The van der Waals surface area contributed by atoms with E-state index in [0.717, 1.165) is 19.3 Å². The SMILES string of the molecule is CN(C)C(CCC(O)CO)C1(c2ccc(Cl)c(Cl)c2)CCC1. The fraction of sp³-hybridized carbons (Fsp3) is 0.647. The van der Waals surface area contributed by atoms with Crippen molar-refractivity contribution in [2.24, 2.45) is 0 Å². The number of benzene rings is 1. The smallest absolute Gasteiger partial charge is 0.0771 e. The van der Waals surface area contributed by atoms with Gasteiger partial charge in [-0.3, -0.25) is 0 Å². The molecule has 2 N–H and O–H groups in total. The topological polar surface area (TPSA) is 43.7 Å². The highest BCUT2D eigenvalue weighted by Gasteiger charge is 2.46. The van der Waals surface area contributed by atoms with Gasteiger partial charge in [0.2, 0.25) is 0 Å². The van der Waals surface area contributed by atoms with Crippen molar-refractivity contribution in [3.63, 3.8) is 0 Å². The predicted molar refractivity (Wildman–Crippen MR) is 91.8 cm³/mol. The first-order valence-electron chi connectivity index (χ1n) is 7.81.